The zero-order valence-corrected chi connectivity index (χ0v) is 9.42. The monoisotopic (exact) mass is 232 g/mol. The van der Waals surface area contributed by atoms with Gasteiger partial charge >= 0.3 is 6.01 Å². The lowest BCUT2D eigenvalue weighted by Crippen LogP contribution is -2.03. The first-order valence-corrected chi connectivity index (χ1v) is 5.40. The number of hydrogen-bond donors (Lipinski definition) is 0. The van der Waals surface area contributed by atoms with E-state index in [0.29, 0.717) is 12.6 Å². The lowest BCUT2D eigenvalue weighted by Gasteiger charge is -2.05. The quantitative estimate of drug-likeness (QED) is 0.746. The molecule has 0 aliphatic carbocycles. The van der Waals surface area contributed by atoms with E-state index in [1.807, 2.05) is 18.2 Å². The summed E-state index contributed by atoms with van der Waals surface area (Å²) in [4.78, 5) is 8.30. The lowest BCUT2D eigenvalue weighted by atomic mass is 10.2. The van der Waals surface area contributed by atoms with E-state index in [1.54, 1.807) is 13.3 Å². The Hall–Kier alpha value is -1.88. The van der Waals surface area contributed by atoms with Crippen LogP contribution in [0.5, 0.6) is 11.8 Å². The predicted octanol–water partition coefficient (Wildman–Crippen LogP) is 1.42. The summed E-state index contributed by atoms with van der Waals surface area (Å²) in [5.74, 6) is 0.786. The first-order valence-electron chi connectivity index (χ1n) is 5.40. The van der Waals surface area contributed by atoms with Gasteiger partial charge in [0.15, 0.2) is 0 Å². The Morgan fingerprint density at radius 2 is 2.35 bits per heavy atom. The second-order valence-corrected chi connectivity index (χ2v) is 3.84. The van der Waals surface area contributed by atoms with Gasteiger partial charge in [0.2, 0.25) is 0 Å². The van der Waals surface area contributed by atoms with Crippen molar-refractivity contribution in [1.82, 2.24) is 9.97 Å². The van der Waals surface area contributed by atoms with E-state index in [4.69, 9.17) is 14.2 Å². The van der Waals surface area contributed by atoms with Crippen molar-refractivity contribution < 1.29 is 14.2 Å². The number of hydrogen-bond acceptors (Lipinski definition) is 5. The minimum Gasteiger partial charge on any atom is -0.491 e. The van der Waals surface area contributed by atoms with Crippen LogP contribution in [-0.2, 0) is 4.74 Å². The van der Waals surface area contributed by atoms with Crippen LogP contribution in [0.25, 0.3) is 10.9 Å². The number of fused-ring (bicyclic) bond motifs is 1. The molecule has 17 heavy (non-hydrogen) atoms. The molecule has 0 saturated carbocycles. The average Bonchev–Trinajstić information content (AvgIpc) is 3.19. The van der Waals surface area contributed by atoms with Gasteiger partial charge in [0, 0.05) is 17.6 Å². The van der Waals surface area contributed by atoms with Crippen LogP contribution in [0.1, 0.15) is 0 Å². The summed E-state index contributed by atoms with van der Waals surface area (Å²) in [6, 6.07) is 6.07. The topological polar surface area (TPSA) is 56.8 Å². The van der Waals surface area contributed by atoms with Gasteiger partial charge in [0.25, 0.3) is 0 Å². The summed E-state index contributed by atoms with van der Waals surface area (Å²) in [5.41, 5.74) is 0.811. The summed E-state index contributed by atoms with van der Waals surface area (Å²) in [6.45, 7) is 1.39. The standard InChI is InChI=1S/C12H12N2O3/c1-15-12-13-5-8-2-3-9(4-11(8)14-12)16-6-10-7-17-10/h2-5,10H,6-7H2,1H3. The summed E-state index contributed by atoms with van der Waals surface area (Å²) in [7, 11) is 1.55. The third-order valence-corrected chi connectivity index (χ3v) is 2.55. The average molecular weight is 232 g/mol. The molecule has 1 aliphatic heterocycles. The van der Waals surface area contributed by atoms with Crippen LogP contribution in [0.2, 0.25) is 0 Å². The maximum absolute atomic E-state index is 5.59. The number of rotatable bonds is 4. The second kappa shape index (κ2) is 4.18. The minimum absolute atomic E-state index is 0.255. The zero-order chi connectivity index (χ0) is 11.7. The van der Waals surface area contributed by atoms with Crippen LogP contribution in [0.4, 0.5) is 0 Å². The number of epoxide rings is 1. The fraction of sp³-hybridized carbons (Fsp3) is 0.333. The molecule has 0 radical (unpaired) electrons. The van der Waals surface area contributed by atoms with Crippen molar-refractivity contribution in [2.24, 2.45) is 0 Å². The Balaban J connectivity index is 1.86. The van der Waals surface area contributed by atoms with Crippen molar-refractivity contribution >= 4 is 10.9 Å². The number of nitrogens with zero attached hydrogens (tertiary/aromatic N) is 2. The van der Waals surface area contributed by atoms with Gasteiger partial charge < -0.3 is 14.2 Å². The molecule has 1 unspecified atom stereocenters. The highest BCUT2D eigenvalue weighted by molar-refractivity contribution is 5.79. The van der Waals surface area contributed by atoms with E-state index < -0.39 is 0 Å². The fourth-order valence-electron chi connectivity index (χ4n) is 1.53. The predicted molar refractivity (Wildman–Crippen MR) is 61.3 cm³/mol. The summed E-state index contributed by atoms with van der Waals surface area (Å²) >= 11 is 0. The van der Waals surface area contributed by atoms with Crippen molar-refractivity contribution in [3.63, 3.8) is 0 Å². The molecule has 5 heteroatoms. The van der Waals surface area contributed by atoms with Crippen molar-refractivity contribution in [3.8, 4) is 11.8 Å². The van der Waals surface area contributed by atoms with Gasteiger partial charge in [-0.05, 0) is 12.1 Å². The summed E-state index contributed by atoms with van der Waals surface area (Å²) in [5, 5.41) is 0.959. The van der Waals surface area contributed by atoms with Crippen molar-refractivity contribution in [1.29, 1.82) is 0 Å². The van der Waals surface area contributed by atoms with Gasteiger partial charge in [0.05, 0.1) is 19.2 Å². The highest BCUT2D eigenvalue weighted by Gasteiger charge is 2.23. The molecule has 3 rings (SSSR count). The van der Waals surface area contributed by atoms with Gasteiger partial charge in [0.1, 0.15) is 18.5 Å². The van der Waals surface area contributed by atoms with Crippen LogP contribution >= 0.6 is 0 Å². The van der Waals surface area contributed by atoms with Gasteiger partial charge in [-0.25, -0.2) is 4.98 Å². The van der Waals surface area contributed by atoms with E-state index in [-0.39, 0.29) is 6.10 Å². The van der Waals surface area contributed by atoms with Crippen LogP contribution in [0.3, 0.4) is 0 Å². The molecule has 1 saturated heterocycles. The van der Waals surface area contributed by atoms with E-state index in [0.717, 1.165) is 23.3 Å². The molecule has 0 N–H and O–H groups in total. The Kier molecular flexibility index (Phi) is 2.53. The molecule has 1 aliphatic rings. The molecular weight excluding hydrogens is 220 g/mol. The van der Waals surface area contributed by atoms with Crippen molar-refractivity contribution in [2.75, 3.05) is 20.3 Å². The zero-order valence-electron chi connectivity index (χ0n) is 9.42. The van der Waals surface area contributed by atoms with Gasteiger partial charge in [-0.3, -0.25) is 0 Å². The highest BCUT2D eigenvalue weighted by atomic mass is 16.6. The van der Waals surface area contributed by atoms with Crippen LogP contribution in [0.15, 0.2) is 24.4 Å². The Morgan fingerprint density at radius 3 is 3.12 bits per heavy atom. The summed E-state index contributed by atoms with van der Waals surface area (Å²) in [6.07, 6.45) is 1.99. The Labute approximate surface area is 98.3 Å². The third kappa shape index (κ3) is 2.29. The van der Waals surface area contributed by atoms with Crippen molar-refractivity contribution in [2.45, 2.75) is 6.10 Å². The van der Waals surface area contributed by atoms with Crippen LogP contribution in [-0.4, -0.2) is 36.4 Å². The molecule has 88 valence electrons. The fourth-order valence-corrected chi connectivity index (χ4v) is 1.53. The maximum Gasteiger partial charge on any atom is 0.316 e. The van der Waals surface area contributed by atoms with Gasteiger partial charge in [-0.1, -0.05) is 0 Å². The first kappa shape index (κ1) is 10.3. The smallest absolute Gasteiger partial charge is 0.316 e. The van der Waals surface area contributed by atoms with Gasteiger partial charge in [-0.2, -0.15) is 4.98 Å². The molecule has 1 aromatic heterocycles. The van der Waals surface area contributed by atoms with E-state index in [2.05, 4.69) is 9.97 Å². The lowest BCUT2D eigenvalue weighted by molar-refractivity contribution is 0.263. The first-order chi connectivity index (χ1) is 8.35. The Bertz CT molecular complexity index is 540. The third-order valence-electron chi connectivity index (χ3n) is 2.55. The van der Waals surface area contributed by atoms with Crippen LogP contribution in [0, 0.1) is 0 Å². The molecule has 2 heterocycles. The summed E-state index contributed by atoms with van der Waals surface area (Å²) < 4.78 is 15.7. The molecule has 5 nitrogen and oxygen atoms in total. The molecule has 2 aromatic rings. The van der Waals surface area contributed by atoms with E-state index in [1.165, 1.54) is 0 Å². The molecule has 0 bridgehead atoms. The van der Waals surface area contributed by atoms with E-state index in [9.17, 15) is 0 Å². The molecule has 1 fully saturated rings. The number of aromatic nitrogens is 2. The number of benzene rings is 1. The van der Waals surface area contributed by atoms with Gasteiger partial charge in [-0.15, -0.1) is 0 Å². The van der Waals surface area contributed by atoms with Crippen LogP contribution < -0.4 is 9.47 Å². The molecular formula is C12H12N2O3. The largest absolute Gasteiger partial charge is 0.491 e. The highest BCUT2D eigenvalue weighted by Crippen LogP contribution is 2.21. The number of ether oxygens (including phenoxy) is 3. The minimum atomic E-state index is 0.255. The number of methoxy groups -OCH3 is 1. The van der Waals surface area contributed by atoms with E-state index >= 15 is 0 Å². The Morgan fingerprint density at radius 1 is 1.47 bits per heavy atom. The molecule has 0 amide bonds. The molecule has 1 aromatic carbocycles. The van der Waals surface area contributed by atoms with Crippen molar-refractivity contribution in [3.05, 3.63) is 24.4 Å². The molecule has 1 atom stereocenters. The second-order valence-electron chi connectivity index (χ2n) is 3.84. The normalized spacial score (nSPS) is 18.1. The maximum atomic E-state index is 5.59. The SMILES string of the molecule is COc1ncc2ccc(OCC3CO3)cc2n1. The molecule has 0 spiro atoms.